The number of rotatable bonds is 6. The van der Waals surface area contributed by atoms with E-state index < -0.39 is 12.0 Å². The SMILES string of the molecule is COC(=O)[C@H](C/C=C/c1ccccc1)NC(=O)c1c2ccccc2cc2ccccc12. The van der Waals surface area contributed by atoms with Crippen molar-refractivity contribution in [2.45, 2.75) is 12.5 Å². The van der Waals surface area contributed by atoms with Crippen molar-refractivity contribution in [2.24, 2.45) is 0 Å². The Kier molecular flexibility index (Phi) is 6.08. The number of methoxy groups -OCH3 is 1. The first-order valence-corrected chi connectivity index (χ1v) is 10.2. The van der Waals surface area contributed by atoms with Crippen LogP contribution < -0.4 is 5.32 Å². The predicted molar refractivity (Wildman–Crippen MR) is 125 cm³/mol. The monoisotopic (exact) mass is 409 g/mol. The molecule has 4 heteroatoms. The first kappa shape index (κ1) is 20.4. The summed E-state index contributed by atoms with van der Waals surface area (Å²) in [6, 6.07) is 26.6. The predicted octanol–water partition coefficient (Wildman–Crippen LogP) is 5.37. The molecule has 0 saturated carbocycles. The maximum Gasteiger partial charge on any atom is 0.328 e. The number of benzene rings is 4. The lowest BCUT2D eigenvalue weighted by Crippen LogP contribution is -2.41. The summed E-state index contributed by atoms with van der Waals surface area (Å²) >= 11 is 0. The van der Waals surface area contributed by atoms with E-state index in [1.54, 1.807) is 0 Å². The van der Waals surface area contributed by atoms with Gasteiger partial charge >= 0.3 is 5.97 Å². The Bertz CT molecular complexity index is 1210. The van der Waals surface area contributed by atoms with Gasteiger partial charge < -0.3 is 10.1 Å². The molecule has 4 aromatic rings. The minimum Gasteiger partial charge on any atom is -0.467 e. The minimum atomic E-state index is -0.782. The van der Waals surface area contributed by atoms with Crippen LogP contribution in [0.1, 0.15) is 22.3 Å². The smallest absolute Gasteiger partial charge is 0.328 e. The van der Waals surface area contributed by atoms with E-state index in [9.17, 15) is 9.59 Å². The molecule has 0 heterocycles. The molecule has 0 unspecified atom stereocenters. The van der Waals surface area contributed by atoms with Crippen molar-refractivity contribution in [3.8, 4) is 0 Å². The van der Waals surface area contributed by atoms with Crippen LogP contribution in [-0.4, -0.2) is 25.0 Å². The number of ether oxygens (including phenoxy) is 1. The second-order valence-corrected chi connectivity index (χ2v) is 7.29. The maximum atomic E-state index is 13.4. The summed E-state index contributed by atoms with van der Waals surface area (Å²) < 4.78 is 4.94. The summed E-state index contributed by atoms with van der Waals surface area (Å²) in [5.74, 6) is -0.771. The Balaban J connectivity index is 1.66. The first-order valence-electron chi connectivity index (χ1n) is 10.2. The molecule has 1 atom stereocenters. The minimum absolute atomic E-state index is 0.295. The van der Waals surface area contributed by atoms with Gasteiger partial charge in [-0.15, -0.1) is 0 Å². The highest BCUT2D eigenvalue weighted by molar-refractivity contribution is 6.18. The van der Waals surface area contributed by atoms with E-state index in [0.29, 0.717) is 12.0 Å². The van der Waals surface area contributed by atoms with Gasteiger partial charge in [-0.3, -0.25) is 4.79 Å². The third-order valence-electron chi connectivity index (χ3n) is 5.27. The van der Waals surface area contributed by atoms with Crippen molar-refractivity contribution in [1.29, 1.82) is 0 Å². The van der Waals surface area contributed by atoms with E-state index in [-0.39, 0.29) is 5.91 Å². The lowest BCUT2D eigenvalue weighted by atomic mass is 9.96. The number of nitrogens with one attached hydrogen (secondary N) is 1. The van der Waals surface area contributed by atoms with Crippen LogP contribution in [0, 0.1) is 0 Å². The highest BCUT2D eigenvalue weighted by Gasteiger charge is 2.23. The topological polar surface area (TPSA) is 55.4 Å². The summed E-state index contributed by atoms with van der Waals surface area (Å²) in [5.41, 5.74) is 1.59. The highest BCUT2D eigenvalue weighted by atomic mass is 16.5. The molecule has 0 spiro atoms. The summed E-state index contributed by atoms with van der Waals surface area (Å²) in [4.78, 5) is 25.8. The molecule has 0 radical (unpaired) electrons. The number of esters is 1. The van der Waals surface area contributed by atoms with Crippen molar-refractivity contribution in [1.82, 2.24) is 5.32 Å². The van der Waals surface area contributed by atoms with E-state index in [1.807, 2.05) is 91.0 Å². The normalized spacial score (nSPS) is 12.2. The lowest BCUT2D eigenvalue weighted by Gasteiger charge is -2.17. The maximum absolute atomic E-state index is 13.4. The quantitative estimate of drug-likeness (QED) is 0.344. The van der Waals surface area contributed by atoms with Gasteiger partial charge in [-0.1, -0.05) is 91.0 Å². The molecule has 0 aromatic heterocycles. The van der Waals surface area contributed by atoms with Crippen molar-refractivity contribution in [2.75, 3.05) is 7.11 Å². The second-order valence-electron chi connectivity index (χ2n) is 7.29. The number of hydrogen-bond acceptors (Lipinski definition) is 3. The van der Waals surface area contributed by atoms with Crippen molar-refractivity contribution < 1.29 is 14.3 Å². The molecular formula is C27H23NO3. The zero-order valence-corrected chi connectivity index (χ0v) is 17.2. The fourth-order valence-corrected chi connectivity index (χ4v) is 3.75. The van der Waals surface area contributed by atoms with Gasteiger partial charge in [0.05, 0.1) is 12.7 Å². The number of carbonyl (C=O) groups is 2. The fourth-order valence-electron chi connectivity index (χ4n) is 3.75. The number of fused-ring (bicyclic) bond motifs is 2. The van der Waals surface area contributed by atoms with Gasteiger partial charge in [0.1, 0.15) is 6.04 Å². The second kappa shape index (κ2) is 9.26. The summed E-state index contributed by atoms with van der Waals surface area (Å²) in [7, 11) is 1.33. The van der Waals surface area contributed by atoms with Crippen LogP contribution in [0.15, 0.2) is 91.0 Å². The van der Waals surface area contributed by atoms with Gasteiger partial charge in [-0.2, -0.15) is 0 Å². The molecule has 0 aliphatic rings. The molecule has 0 aliphatic heterocycles. The Morgan fingerprint density at radius 1 is 0.871 bits per heavy atom. The van der Waals surface area contributed by atoms with Gasteiger partial charge in [0.25, 0.3) is 5.91 Å². The largest absolute Gasteiger partial charge is 0.467 e. The Morgan fingerprint density at radius 2 is 1.45 bits per heavy atom. The van der Waals surface area contributed by atoms with Crippen molar-refractivity contribution in [3.63, 3.8) is 0 Å². The van der Waals surface area contributed by atoms with E-state index >= 15 is 0 Å². The zero-order chi connectivity index (χ0) is 21.6. The molecule has 1 amide bonds. The number of carbonyl (C=O) groups excluding carboxylic acids is 2. The first-order chi connectivity index (χ1) is 15.2. The van der Waals surface area contributed by atoms with Crippen LogP contribution in [0.2, 0.25) is 0 Å². The molecule has 4 aromatic carbocycles. The van der Waals surface area contributed by atoms with E-state index in [0.717, 1.165) is 27.1 Å². The molecule has 0 aliphatic carbocycles. The Labute approximate surface area is 181 Å². The molecule has 4 nitrogen and oxygen atoms in total. The molecular weight excluding hydrogens is 386 g/mol. The fraction of sp³-hybridized carbons (Fsp3) is 0.111. The van der Waals surface area contributed by atoms with Gasteiger partial charge in [0, 0.05) is 0 Å². The lowest BCUT2D eigenvalue weighted by molar-refractivity contribution is -0.142. The zero-order valence-electron chi connectivity index (χ0n) is 17.2. The van der Waals surface area contributed by atoms with Crippen LogP contribution in [0.5, 0.6) is 0 Å². The standard InChI is InChI=1S/C27H23NO3/c1-31-27(30)24(17-9-12-19-10-3-2-4-11-19)28-26(29)25-22-15-7-5-13-20(22)18-21-14-6-8-16-23(21)25/h2-16,18,24H,17H2,1H3,(H,28,29)/b12-9+/t24-/m0/s1. The van der Waals surface area contributed by atoms with Crippen molar-refractivity contribution >= 4 is 39.5 Å². The van der Waals surface area contributed by atoms with Crippen LogP contribution in [0.25, 0.3) is 27.6 Å². The van der Waals surface area contributed by atoms with Gasteiger partial charge in [-0.05, 0) is 39.6 Å². The Hall–Kier alpha value is -3.92. The van der Waals surface area contributed by atoms with Crippen LogP contribution in [0.4, 0.5) is 0 Å². The highest BCUT2D eigenvalue weighted by Crippen LogP contribution is 2.28. The number of hydrogen-bond donors (Lipinski definition) is 1. The number of amides is 1. The summed E-state index contributed by atoms with van der Waals surface area (Å²) in [5, 5.41) is 6.54. The van der Waals surface area contributed by atoms with Gasteiger partial charge in [0.15, 0.2) is 0 Å². The molecule has 31 heavy (non-hydrogen) atoms. The molecule has 0 fully saturated rings. The van der Waals surface area contributed by atoms with E-state index in [1.165, 1.54) is 7.11 Å². The van der Waals surface area contributed by atoms with Crippen LogP contribution in [-0.2, 0) is 9.53 Å². The van der Waals surface area contributed by atoms with Crippen LogP contribution >= 0.6 is 0 Å². The van der Waals surface area contributed by atoms with E-state index in [2.05, 4.69) is 11.4 Å². The molecule has 0 saturated heterocycles. The van der Waals surface area contributed by atoms with Gasteiger partial charge in [-0.25, -0.2) is 4.79 Å². The molecule has 1 N–H and O–H groups in total. The molecule has 0 bridgehead atoms. The van der Waals surface area contributed by atoms with E-state index in [4.69, 9.17) is 4.74 Å². The summed E-state index contributed by atoms with van der Waals surface area (Å²) in [6.07, 6.45) is 4.13. The van der Waals surface area contributed by atoms with Gasteiger partial charge in [0.2, 0.25) is 0 Å². The average Bonchev–Trinajstić information content (AvgIpc) is 2.81. The summed E-state index contributed by atoms with van der Waals surface area (Å²) in [6.45, 7) is 0. The van der Waals surface area contributed by atoms with Crippen LogP contribution in [0.3, 0.4) is 0 Å². The third-order valence-corrected chi connectivity index (χ3v) is 5.27. The molecule has 154 valence electrons. The third kappa shape index (κ3) is 4.48. The van der Waals surface area contributed by atoms with Crippen molar-refractivity contribution in [3.05, 3.63) is 102 Å². The average molecular weight is 409 g/mol. The Morgan fingerprint density at radius 3 is 2.06 bits per heavy atom. The molecule has 4 rings (SSSR count).